The molecule has 4 nitrogen and oxygen atoms in total. The van der Waals surface area contributed by atoms with Crippen molar-refractivity contribution in [2.75, 3.05) is 6.61 Å². The van der Waals surface area contributed by atoms with Crippen LogP contribution in [0.2, 0.25) is 0 Å². The lowest BCUT2D eigenvalue weighted by Crippen LogP contribution is -2.08. The molecule has 0 unspecified atom stereocenters. The quantitative estimate of drug-likeness (QED) is 0.213. The maximum atomic E-state index is 13.4. The molecule has 0 fully saturated rings. The molecular formula is C22H33FO4. The van der Waals surface area contributed by atoms with Gasteiger partial charge >= 0.3 is 11.9 Å². The van der Waals surface area contributed by atoms with Gasteiger partial charge in [-0.3, -0.25) is 9.59 Å². The van der Waals surface area contributed by atoms with E-state index in [1.54, 1.807) is 12.1 Å². The summed E-state index contributed by atoms with van der Waals surface area (Å²) in [6, 6.07) is 5.90. The van der Waals surface area contributed by atoms with Crippen molar-refractivity contribution in [3.63, 3.8) is 0 Å². The van der Waals surface area contributed by atoms with E-state index in [0.29, 0.717) is 19.4 Å². The maximum absolute atomic E-state index is 13.4. The van der Waals surface area contributed by atoms with E-state index < -0.39 is 11.8 Å². The largest absolute Gasteiger partial charge is 0.466 e. The first-order chi connectivity index (χ1) is 13.1. The van der Waals surface area contributed by atoms with Crippen LogP contribution in [0.1, 0.15) is 84.0 Å². The number of esters is 2. The van der Waals surface area contributed by atoms with Gasteiger partial charge in [-0.05, 0) is 31.4 Å². The van der Waals surface area contributed by atoms with Gasteiger partial charge in [0.2, 0.25) is 0 Å². The van der Waals surface area contributed by atoms with E-state index >= 15 is 0 Å². The Bertz CT molecular complexity index is 545. The minimum atomic E-state index is -0.523. The molecule has 0 amide bonds. The van der Waals surface area contributed by atoms with E-state index in [-0.39, 0.29) is 11.7 Å². The summed E-state index contributed by atoms with van der Waals surface area (Å²) in [7, 11) is 0. The fraction of sp³-hybridized carbons (Fsp3) is 0.636. The molecule has 0 aliphatic heterocycles. The lowest BCUT2D eigenvalue weighted by atomic mass is 10.1. The SMILES string of the molecule is CCCCCCOC(=O)CCCCCCCCC(=O)Oc1ccccc1F. The highest BCUT2D eigenvalue weighted by atomic mass is 19.1. The highest BCUT2D eigenvalue weighted by Crippen LogP contribution is 2.17. The zero-order chi connectivity index (χ0) is 19.7. The Morgan fingerprint density at radius 1 is 0.815 bits per heavy atom. The Morgan fingerprint density at radius 3 is 2.07 bits per heavy atom. The van der Waals surface area contributed by atoms with Crippen LogP contribution < -0.4 is 4.74 Å². The first-order valence-corrected chi connectivity index (χ1v) is 10.2. The third-order valence-corrected chi connectivity index (χ3v) is 4.33. The molecule has 0 radical (unpaired) electrons. The second kappa shape index (κ2) is 15.2. The summed E-state index contributed by atoms with van der Waals surface area (Å²) in [5.41, 5.74) is 0. The Balaban J connectivity index is 1.92. The third-order valence-electron chi connectivity index (χ3n) is 4.33. The second-order valence-electron chi connectivity index (χ2n) is 6.81. The summed E-state index contributed by atoms with van der Waals surface area (Å²) >= 11 is 0. The smallest absolute Gasteiger partial charge is 0.311 e. The molecule has 27 heavy (non-hydrogen) atoms. The van der Waals surface area contributed by atoms with Gasteiger partial charge in [-0.1, -0.05) is 64.0 Å². The highest BCUT2D eigenvalue weighted by Gasteiger charge is 2.08. The number of rotatable bonds is 15. The predicted molar refractivity (Wildman–Crippen MR) is 104 cm³/mol. The van der Waals surface area contributed by atoms with E-state index in [1.165, 1.54) is 25.0 Å². The molecule has 0 bridgehead atoms. The predicted octanol–water partition coefficient (Wildman–Crippen LogP) is 5.98. The Morgan fingerprint density at radius 2 is 1.41 bits per heavy atom. The highest BCUT2D eigenvalue weighted by molar-refractivity contribution is 5.72. The van der Waals surface area contributed by atoms with Crippen molar-refractivity contribution in [3.8, 4) is 5.75 Å². The summed E-state index contributed by atoms with van der Waals surface area (Å²) in [4.78, 5) is 23.2. The summed E-state index contributed by atoms with van der Waals surface area (Å²) in [5, 5.41) is 0. The van der Waals surface area contributed by atoms with Crippen molar-refractivity contribution < 1.29 is 23.5 Å². The van der Waals surface area contributed by atoms with Gasteiger partial charge in [0.25, 0.3) is 0 Å². The van der Waals surface area contributed by atoms with Crippen LogP contribution in [0.25, 0.3) is 0 Å². The second-order valence-corrected chi connectivity index (χ2v) is 6.81. The number of hydrogen-bond donors (Lipinski definition) is 0. The van der Waals surface area contributed by atoms with Gasteiger partial charge in [-0.25, -0.2) is 4.39 Å². The number of hydrogen-bond acceptors (Lipinski definition) is 4. The summed E-state index contributed by atoms with van der Waals surface area (Å²) in [6.45, 7) is 2.70. The molecule has 0 N–H and O–H groups in total. The monoisotopic (exact) mass is 380 g/mol. The molecule has 0 spiro atoms. The number of carbonyl (C=O) groups is 2. The van der Waals surface area contributed by atoms with E-state index in [1.807, 2.05) is 0 Å². The zero-order valence-corrected chi connectivity index (χ0v) is 16.5. The van der Waals surface area contributed by atoms with E-state index in [2.05, 4.69) is 6.92 Å². The zero-order valence-electron chi connectivity index (χ0n) is 16.5. The van der Waals surface area contributed by atoms with Gasteiger partial charge in [0, 0.05) is 12.8 Å². The van der Waals surface area contributed by atoms with Crippen LogP contribution in [0.3, 0.4) is 0 Å². The molecule has 0 aliphatic rings. The number of ether oxygens (including phenoxy) is 2. The average molecular weight is 380 g/mol. The summed E-state index contributed by atoms with van der Waals surface area (Å²) < 4.78 is 23.6. The average Bonchev–Trinajstić information content (AvgIpc) is 2.65. The van der Waals surface area contributed by atoms with Crippen molar-refractivity contribution in [2.24, 2.45) is 0 Å². The molecule has 0 heterocycles. The van der Waals surface area contributed by atoms with Crippen LogP contribution in [-0.2, 0) is 14.3 Å². The van der Waals surface area contributed by atoms with Crippen molar-refractivity contribution in [1.82, 2.24) is 0 Å². The first kappa shape index (κ1) is 23.1. The molecule has 1 aromatic rings. The number of halogens is 1. The fourth-order valence-electron chi connectivity index (χ4n) is 2.73. The van der Waals surface area contributed by atoms with Gasteiger partial charge in [0.1, 0.15) is 0 Å². The topological polar surface area (TPSA) is 52.6 Å². The minimum absolute atomic E-state index is 0.0141. The molecule has 5 heteroatoms. The van der Waals surface area contributed by atoms with Crippen LogP contribution in [0.4, 0.5) is 4.39 Å². The molecule has 152 valence electrons. The van der Waals surface area contributed by atoms with Gasteiger partial charge in [0.05, 0.1) is 6.61 Å². The molecule has 0 aromatic heterocycles. The lowest BCUT2D eigenvalue weighted by Gasteiger charge is -2.06. The van der Waals surface area contributed by atoms with Gasteiger partial charge < -0.3 is 9.47 Å². The third kappa shape index (κ3) is 12.2. The first-order valence-electron chi connectivity index (χ1n) is 10.2. The molecule has 0 aliphatic carbocycles. The van der Waals surface area contributed by atoms with Crippen LogP contribution in [0.5, 0.6) is 5.75 Å². The number of carbonyl (C=O) groups excluding carboxylic acids is 2. The van der Waals surface area contributed by atoms with Gasteiger partial charge in [-0.2, -0.15) is 0 Å². The normalized spacial score (nSPS) is 10.6. The maximum Gasteiger partial charge on any atom is 0.311 e. The van der Waals surface area contributed by atoms with Crippen LogP contribution in [0, 0.1) is 5.82 Å². The van der Waals surface area contributed by atoms with Gasteiger partial charge in [0.15, 0.2) is 11.6 Å². The van der Waals surface area contributed by atoms with E-state index in [0.717, 1.165) is 51.4 Å². The summed E-state index contributed by atoms with van der Waals surface area (Å²) in [6.07, 6.45) is 10.8. The molecular weight excluding hydrogens is 347 g/mol. The van der Waals surface area contributed by atoms with Crippen molar-refractivity contribution in [1.29, 1.82) is 0 Å². The molecule has 0 atom stereocenters. The number of para-hydroxylation sites is 1. The lowest BCUT2D eigenvalue weighted by molar-refractivity contribution is -0.144. The summed E-state index contributed by atoms with van der Waals surface area (Å²) in [5.74, 6) is -1.03. The van der Waals surface area contributed by atoms with Crippen molar-refractivity contribution in [2.45, 2.75) is 84.0 Å². The van der Waals surface area contributed by atoms with Crippen LogP contribution in [0.15, 0.2) is 24.3 Å². The van der Waals surface area contributed by atoms with Crippen molar-refractivity contribution >= 4 is 11.9 Å². The Hall–Kier alpha value is -1.91. The number of unbranched alkanes of at least 4 members (excludes halogenated alkanes) is 8. The fourth-order valence-corrected chi connectivity index (χ4v) is 2.73. The van der Waals surface area contributed by atoms with E-state index in [4.69, 9.17) is 9.47 Å². The minimum Gasteiger partial charge on any atom is -0.466 e. The molecule has 1 aromatic carbocycles. The van der Waals surface area contributed by atoms with Crippen molar-refractivity contribution in [3.05, 3.63) is 30.1 Å². The van der Waals surface area contributed by atoms with E-state index in [9.17, 15) is 14.0 Å². The Kier molecular flexibility index (Phi) is 13.0. The number of benzene rings is 1. The standard InChI is InChI=1S/C22H33FO4/c1-2-3-4-13-18-26-21(24)16-9-7-5-6-8-10-17-22(25)27-20-15-12-11-14-19(20)23/h11-12,14-15H,2-10,13,16-18H2,1H3. The Labute approximate surface area is 162 Å². The van der Waals surface area contributed by atoms with Crippen LogP contribution in [-0.4, -0.2) is 18.5 Å². The molecule has 1 rings (SSSR count). The molecule has 0 saturated heterocycles. The van der Waals surface area contributed by atoms with Gasteiger partial charge in [-0.15, -0.1) is 0 Å². The molecule has 0 saturated carbocycles. The van der Waals surface area contributed by atoms with Crippen LogP contribution >= 0.6 is 0 Å².